The van der Waals surface area contributed by atoms with Crippen molar-refractivity contribution in [1.29, 1.82) is 5.26 Å². The lowest BCUT2D eigenvalue weighted by Gasteiger charge is -1.99. The third kappa shape index (κ3) is 0.962. The average molecular weight is 196 g/mol. The highest BCUT2D eigenvalue weighted by atomic mass is 16.1. The minimum Gasteiger partial charge on any atom is -0.336 e. The summed E-state index contributed by atoms with van der Waals surface area (Å²) in [7, 11) is 0. The maximum absolute atomic E-state index is 11.8. The maximum Gasteiger partial charge on any atom is 0.198 e. The van der Waals surface area contributed by atoms with Crippen LogP contribution < -0.4 is 0 Å². The molecule has 0 amide bonds. The van der Waals surface area contributed by atoms with Crippen LogP contribution in [0.25, 0.3) is 10.9 Å². The number of nitrogens with zero attached hydrogens (tertiary/aromatic N) is 2. The highest BCUT2D eigenvalue weighted by Gasteiger charge is 2.31. The molecule has 1 aromatic heterocycles. The molecule has 1 aliphatic heterocycles. The summed E-state index contributed by atoms with van der Waals surface area (Å²) in [5.74, 6) is -0.543. The van der Waals surface area contributed by atoms with E-state index >= 15 is 0 Å². The van der Waals surface area contributed by atoms with E-state index in [1.54, 1.807) is 0 Å². The highest BCUT2D eigenvalue weighted by Crippen LogP contribution is 2.28. The zero-order valence-corrected chi connectivity index (χ0v) is 7.97. The number of para-hydroxylation sites is 1. The average Bonchev–Trinajstić information content (AvgIpc) is 2.76. The molecule has 3 nitrogen and oxygen atoms in total. The molecular formula is C12H8N2O. The molecule has 0 aliphatic carbocycles. The third-order valence-electron chi connectivity index (χ3n) is 2.90. The monoisotopic (exact) mass is 196 g/mol. The lowest BCUT2D eigenvalue weighted by atomic mass is 10.1. The van der Waals surface area contributed by atoms with Crippen LogP contribution in [0.15, 0.2) is 30.3 Å². The summed E-state index contributed by atoms with van der Waals surface area (Å²) in [6, 6.07) is 11.8. The molecule has 15 heavy (non-hydrogen) atoms. The number of aromatic nitrogens is 1. The van der Waals surface area contributed by atoms with Gasteiger partial charge in [-0.2, -0.15) is 5.26 Å². The molecule has 0 bridgehead atoms. The third-order valence-corrected chi connectivity index (χ3v) is 2.90. The molecule has 2 aromatic rings. The van der Waals surface area contributed by atoms with E-state index in [1.165, 1.54) is 0 Å². The molecule has 0 fully saturated rings. The van der Waals surface area contributed by atoms with E-state index in [2.05, 4.69) is 0 Å². The molecule has 0 saturated carbocycles. The first-order valence-corrected chi connectivity index (χ1v) is 4.83. The molecule has 2 heterocycles. The number of ketones is 1. The minimum atomic E-state index is -0.496. The number of carbonyl (C=O) groups excluding carboxylic acids is 1. The van der Waals surface area contributed by atoms with Crippen LogP contribution in [-0.2, 0) is 6.54 Å². The van der Waals surface area contributed by atoms with Crippen LogP contribution in [0.4, 0.5) is 0 Å². The normalized spacial score (nSPS) is 19.1. The Kier molecular flexibility index (Phi) is 1.49. The maximum atomic E-state index is 11.8. The van der Waals surface area contributed by atoms with Gasteiger partial charge in [-0.25, -0.2) is 0 Å². The Morgan fingerprint density at radius 1 is 1.40 bits per heavy atom. The van der Waals surface area contributed by atoms with Crippen molar-refractivity contribution >= 4 is 16.7 Å². The van der Waals surface area contributed by atoms with Gasteiger partial charge < -0.3 is 4.57 Å². The number of hydrogen-bond acceptors (Lipinski definition) is 2. The van der Waals surface area contributed by atoms with Gasteiger partial charge in [-0.1, -0.05) is 18.2 Å². The van der Waals surface area contributed by atoms with Crippen molar-refractivity contribution in [2.75, 3.05) is 0 Å². The van der Waals surface area contributed by atoms with Crippen LogP contribution in [0, 0.1) is 17.2 Å². The van der Waals surface area contributed by atoms with Crippen molar-refractivity contribution in [1.82, 2.24) is 4.57 Å². The van der Waals surface area contributed by atoms with E-state index < -0.39 is 5.92 Å². The van der Waals surface area contributed by atoms with Crippen molar-refractivity contribution in [3.05, 3.63) is 36.0 Å². The van der Waals surface area contributed by atoms with Gasteiger partial charge in [0.2, 0.25) is 0 Å². The fraction of sp³-hybridized carbons (Fsp3) is 0.167. The second kappa shape index (κ2) is 2.71. The summed E-state index contributed by atoms with van der Waals surface area (Å²) in [6.07, 6.45) is 0. The van der Waals surface area contributed by atoms with E-state index in [9.17, 15) is 4.79 Å². The Balaban J connectivity index is 2.30. The molecule has 72 valence electrons. The molecule has 3 heteroatoms. The SMILES string of the molecule is N#CC1Cn2c(cc3ccccc32)C1=O. The van der Waals surface area contributed by atoms with Gasteiger partial charge in [-0.15, -0.1) is 0 Å². The zero-order chi connectivity index (χ0) is 10.4. The number of nitriles is 1. The van der Waals surface area contributed by atoms with Gasteiger partial charge >= 0.3 is 0 Å². The summed E-state index contributed by atoms with van der Waals surface area (Å²) in [6.45, 7) is 0.498. The number of benzene rings is 1. The minimum absolute atomic E-state index is 0.0475. The predicted molar refractivity (Wildman–Crippen MR) is 55.4 cm³/mol. The van der Waals surface area contributed by atoms with Crippen LogP contribution in [0.2, 0.25) is 0 Å². The second-order valence-corrected chi connectivity index (χ2v) is 3.74. The van der Waals surface area contributed by atoms with Gasteiger partial charge in [0.25, 0.3) is 0 Å². The number of carbonyl (C=O) groups is 1. The number of fused-ring (bicyclic) bond motifs is 3. The Labute approximate surface area is 86.5 Å². The molecular weight excluding hydrogens is 188 g/mol. The van der Waals surface area contributed by atoms with Gasteiger partial charge in [0.05, 0.1) is 11.8 Å². The lowest BCUT2D eigenvalue weighted by Crippen LogP contribution is -2.05. The highest BCUT2D eigenvalue weighted by molar-refractivity contribution is 6.04. The Bertz CT molecular complexity index is 604. The van der Waals surface area contributed by atoms with Gasteiger partial charge in [0.15, 0.2) is 5.78 Å². The Morgan fingerprint density at radius 3 is 3.00 bits per heavy atom. The standard InChI is InChI=1S/C12H8N2O/c13-6-9-7-14-10-4-2-1-3-8(10)5-11(14)12(9)15/h1-5,9H,7H2. The second-order valence-electron chi connectivity index (χ2n) is 3.74. The fourth-order valence-electron chi connectivity index (χ4n) is 2.15. The van der Waals surface area contributed by atoms with Crippen molar-refractivity contribution in [2.24, 2.45) is 5.92 Å². The molecule has 1 aliphatic rings. The number of rotatable bonds is 0. The van der Waals surface area contributed by atoms with Crippen molar-refractivity contribution < 1.29 is 4.79 Å². The molecule has 0 saturated heterocycles. The predicted octanol–water partition coefficient (Wildman–Crippen LogP) is 1.98. The smallest absolute Gasteiger partial charge is 0.198 e. The largest absolute Gasteiger partial charge is 0.336 e. The van der Waals surface area contributed by atoms with E-state index in [0.29, 0.717) is 12.2 Å². The van der Waals surface area contributed by atoms with E-state index in [1.807, 2.05) is 41.0 Å². The number of hydrogen-bond donors (Lipinski definition) is 0. The summed E-state index contributed by atoms with van der Waals surface area (Å²) in [5.41, 5.74) is 1.71. The first kappa shape index (κ1) is 8.25. The molecule has 1 unspecified atom stereocenters. The zero-order valence-electron chi connectivity index (χ0n) is 7.97. The van der Waals surface area contributed by atoms with Crippen LogP contribution in [0.3, 0.4) is 0 Å². The van der Waals surface area contributed by atoms with E-state index in [-0.39, 0.29) is 5.78 Å². The van der Waals surface area contributed by atoms with E-state index in [0.717, 1.165) is 10.9 Å². The topological polar surface area (TPSA) is 45.8 Å². The summed E-state index contributed by atoms with van der Waals surface area (Å²) in [5, 5.41) is 9.88. The van der Waals surface area contributed by atoms with E-state index in [4.69, 9.17) is 5.26 Å². The van der Waals surface area contributed by atoms with Crippen LogP contribution >= 0.6 is 0 Å². The van der Waals surface area contributed by atoms with Crippen molar-refractivity contribution in [2.45, 2.75) is 6.54 Å². The molecule has 0 spiro atoms. The van der Waals surface area contributed by atoms with Crippen LogP contribution in [-0.4, -0.2) is 10.4 Å². The summed E-state index contributed by atoms with van der Waals surface area (Å²) < 4.78 is 1.94. The van der Waals surface area contributed by atoms with Crippen molar-refractivity contribution in [3.8, 4) is 6.07 Å². The first-order valence-electron chi connectivity index (χ1n) is 4.83. The molecule has 1 atom stereocenters. The Morgan fingerprint density at radius 2 is 2.20 bits per heavy atom. The molecule has 1 aromatic carbocycles. The summed E-state index contributed by atoms with van der Waals surface area (Å²) >= 11 is 0. The Hall–Kier alpha value is -2.08. The first-order chi connectivity index (χ1) is 7.31. The van der Waals surface area contributed by atoms with Crippen LogP contribution in [0.5, 0.6) is 0 Å². The van der Waals surface area contributed by atoms with Gasteiger partial charge in [-0.05, 0) is 12.1 Å². The quantitative estimate of drug-likeness (QED) is 0.646. The van der Waals surface area contributed by atoms with Gasteiger partial charge in [-0.3, -0.25) is 4.79 Å². The summed E-state index contributed by atoms with van der Waals surface area (Å²) in [4.78, 5) is 11.8. The molecule has 3 rings (SSSR count). The van der Waals surface area contributed by atoms with Gasteiger partial charge in [0, 0.05) is 17.4 Å². The molecule has 0 N–H and O–H groups in total. The van der Waals surface area contributed by atoms with Gasteiger partial charge in [0.1, 0.15) is 5.92 Å². The van der Waals surface area contributed by atoms with Crippen molar-refractivity contribution in [3.63, 3.8) is 0 Å². The number of Topliss-reactive ketones (excluding diaryl/α,β-unsaturated/α-hetero) is 1. The fourth-order valence-corrected chi connectivity index (χ4v) is 2.15. The lowest BCUT2D eigenvalue weighted by molar-refractivity contribution is 0.0963. The van der Waals surface area contributed by atoms with Crippen LogP contribution in [0.1, 0.15) is 10.5 Å². The molecule has 0 radical (unpaired) electrons.